The summed E-state index contributed by atoms with van der Waals surface area (Å²) in [6, 6.07) is 7.09. The number of halogens is 1. The average molecular weight is 501 g/mol. The first-order chi connectivity index (χ1) is 15.2. The number of carbonyl (C=O) groups excluding carboxylic acids is 2. The van der Waals surface area contributed by atoms with Gasteiger partial charge in [0.15, 0.2) is 11.5 Å². The van der Waals surface area contributed by atoms with Crippen LogP contribution in [0.25, 0.3) is 11.2 Å². The fraction of sp³-hybridized carbons (Fsp3) is 0.409. The van der Waals surface area contributed by atoms with Crippen molar-refractivity contribution in [3.05, 3.63) is 52.1 Å². The number of pyridine rings is 2. The molecule has 1 amide bonds. The maximum Gasteiger partial charge on any atom is 0.424 e. The monoisotopic (exact) mass is 500 g/mol. The third kappa shape index (κ3) is 5.13. The van der Waals surface area contributed by atoms with E-state index in [-0.39, 0.29) is 23.6 Å². The topological polar surface area (TPSA) is 113 Å². The van der Waals surface area contributed by atoms with Crippen molar-refractivity contribution in [1.29, 1.82) is 0 Å². The van der Waals surface area contributed by atoms with E-state index in [1.807, 2.05) is 32.9 Å². The van der Waals surface area contributed by atoms with Gasteiger partial charge in [-0.25, -0.2) is 30.2 Å². The SMILES string of the molecule is CC(C)(C)OC(=O)N1CCCC(c2ccc3nc(C(=O)c4ccnc(Br)c4)[nH]c3n2)CN1. The predicted octanol–water partition coefficient (Wildman–Crippen LogP) is 3.97. The lowest BCUT2D eigenvalue weighted by atomic mass is 9.99. The van der Waals surface area contributed by atoms with E-state index in [4.69, 9.17) is 9.72 Å². The van der Waals surface area contributed by atoms with E-state index < -0.39 is 5.60 Å². The zero-order chi connectivity index (χ0) is 22.9. The summed E-state index contributed by atoms with van der Waals surface area (Å²) in [6.45, 7) is 6.67. The van der Waals surface area contributed by atoms with Crippen molar-refractivity contribution < 1.29 is 14.3 Å². The minimum atomic E-state index is -0.542. The van der Waals surface area contributed by atoms with Crippen LogP contribution < -0.4 is 5.43 Å². The van der Waals surface area contributed by atoms with E-state index in [1.165, 1.54) is 5.01 Å². The maximum absolute atomic E-state index is 12.8. The van der Waals surface area contributed by atoms with Gasteiger partial charge in [0.05, 0.1) is 0 Å². The normalized spacial score (nSPS) is 17.2. The summed E-state index contributed by atoms with van der Waals surface area (Å²) < 4.78 is 6.04. The zero-order valence-electron chi connectivity index (χ0n) is 18.2. The Balaban J connectivity index is 1.49. The molecule has 1 saturated heterocycles. The lowest BCUT2D eigenvalue weighted by molar-refractivity contribution is 0.0151. The number of ketones is 1. The molecule has 168 valence electrons. The summed E-state index contributed by atoms with van der Waals surface area (Å²) in [5.74, 6) is 0.125. The van der Waals surface area contributed by atoms with Crippen LogP contribution in [0, 0.1) is 0 Å². The summed E-state index contributed by atoms with van der Waals surface area (Å²) in [5.41, 5.74) is 5.19. The molecular formula is C22H25BrN6O3. The summed E-state index contributed by atoms with van der Waals surface area (Å²) in [4.78, 5) is 41.3. The minimum absolute atomic E-state index is 0.116. The number of carbonyl (C=O) groups is 2. The summed E-state index contributed by atoms with van der Waals surface area (Å²) in [6.07, 6.45) is 2.88. The number of nitrogens with one attached hydrogen (secondary N) is 2. The van der Waals surface area contributed by atoms with Crippen molar-refractivity contribution in [2.75, 3.05) is 13.1 Å². The van der Waals surface area contributed by atoms with Crippen LogP contribution in [0.2, 0.25) is 0 Å². The van der Waals surface area contributed by atoms with Crippen LogP contribution in [0.1, 0.15) is 61.4 Å². The number of fused-ring (bicyclic) bond motifs is 1. The van der Waals surface area contributed by atoms with Gasteiger partial charge in [-0.15, -0.1) is 0 Å². The molecule has 4 rings (SSSR count). The second kappa shape index (κ2) is 8.95. The standard InChI is InChI=1S/C22H25BrN6O3/c1-22(2,3)32-21(31)29-10-4-5-14(12-25-29)15-6-7-16-19(26-15)28-20(27-16)18(30)13-8-9-24-17(23)11-13/h6-9,11,14,25H,4-5,10,12H2,1-3H3,(H,26,27,28). The Kier molecular flexibility index (Phi) is 6.25. The number of amides is 1. The van der Waals surface area contributed by atoms with Gasteiger partial charge in [0.2, 0.25) is 5.78 Å². The van der Waals surface area contributed by atoms with E-state index in [0.717, 1.165) is 18.5 Å². The second-order valence-electron chi connectivity index (χ2n) is 8.72. The third-order valence-electron chi connectivity index (χ3n) is 5.06. The van der Waals surface area contributed by atoms with Crippen LogP contribution in [0.3, 0.4) is 0 Å². The molecule has 0 radical (unpaired) electrons. The lowest BCUT2D eigenvalue weighted by Gasteiger charge is -2.26. The molecule has 9 nitrogen and oxygen atoms in total. The van der Waals surface area contributed by atoms with Crippen LogP contribution >= 0.6 is 15.9 Å². The van der Waals surface area contributed by atoms with Crippen LogP contribution in [0.4, 0.5) is 4.79 Å². The molecule has 1 aliphatic rings. The van der Waals surface area contributed by atoms with Crippen LogP contribution in [-0.2, 0) is 4.74 Å². The Labute approximate surface area is 194 Å². The summed E-state index contributed by atoms with van der Waals surface area (Å²) in [5, 5.41) is 1.53. The number of imidazole rings is 1. The molecule has 0 spiro atoms. The van der Waals surface area contributed by atoms with Crippen molar-refractivity contribution in [3.63, 3.8) is 0 Å². The smallest absolute Gasteiger partial charge is 0.424 e. The molecule has 0 bridgehead atoms. The Morgan fingerprint density at radius 3 is 2.78 bits per heavy atom. The first-order valence-electron chi connectivity index (χ1n) is 10.5. The molecule has 0 saturated carbocycles. The van der Waals surface area contributed by atoms with Crippen LogP contribution in [0.15, 0.2) is 35.1 Å². The number of H-pyrrole nitrogens is 1. The Hall–Kier alpha value is -2.85. The van der Waals surface area contributed by atoms with E-state index in [0.29, 0.717) is 34.4 Å². The fourth-order valence-corrected chi connectivity index (χ4v) is 3.91. The number of hydrazine groups is 1. The van der Waals surface area contributed by atoms with Crippen molar-refractivity contribution >= 4 is 39.0 Å². The number of hydrogen-bond donors (Lipinski definition) is 2. The van der Waals surface area contributed by atoms with Gasteiger partial charge < -0.3 is 9.72 Å². The molecule has 1 atom stereocenters. The highest BCUT2D eigenvalue weighted by Crippen LogP contribution is 2.24. The highest BCUT2D eigenvalue weighted by Gasteiger charge is 2.26. The molecule has 2 N–H and O–H groups in total. The van der Waals surface area contributed by atoms with Gasteiger partial charge in [-0.05, 0) is 73.8 Å². The number of aromatic nitrogens is 4. The van der Waals surface area contributed by atoms with E-state index in [9.17, 15) is 9.59 Å². The molecule has 1 unspecified atom stereocenters. The molecule has 1 fully saturated rings. The van der Waals surface area contributed by atoms with Gasteiger partial charge in [0.25, 0.3) is 0 Å². The molecule has 3 aromatic rings. The van der Waals surface area contributed by atoms with Gasteiger partial charge in [-0.1, -0.05) is 0 Å². The minimum Gasteiger partial charge on any atom is -0.443 e. The van der Waals surface area contributed by atoms with Crippen molar-refractivity contribution in [1.82, 2.24) is 30.4 Å². The largest absolute Gasteiger partial charge is 0.443 e. The predicted molar refractivity (Wildman–Crippen MR) is 122 cm³/mol. The molecule has 3 aromatic heterocycles. The Bertz CT molecular complexity index is 1160. The molecular weight excluding hydrogens is 476 g/mol. The highest BCUT2D eigenvalue weighted by atomic mass is 79.9. The van der Waals surface area contributed by atoms with Crippen molar-refractivity contribution in [3.8, 4) is 0 Å². The van der Waals surface area contributed by atoms with Gasteiger partial charge in [0, 0.05) is 36.5 Å². The third-order valence-corrected chi connectivity index (χ3v) is 5.50. The highest BCUT2D eigenvalue weighted by molar-refractivity contribution is 9.10. The molecule has 0 aliphatic carbocycles. The van der Waals surface area contributed by atoms with Crippen molar-refractivity contribution in [2.45, 2.75) is 45.1 Å². The first-order valence-corrected chi connectivity index (χ1v) is 11.3. The van der Waals surface area contributed by atoms with Crippen molar-refractivity contribution in [2.24, 2.45) is 0 Å². The van der Waals surface area contributed by atoms with Crippen LogP contribution in [-0.4, -0.2) is 55.5 Å². The number of ether oxygens (including phenoxy) is 1. The average Bonchev–Trinajstić information content (AvgIpc) is 2.99. The fourth-order valence-electron chi connectivity index (χ4n) is 3.55. The van der Waals surface area contributed by atoms with Gasteiger partial charge in [-0.2, -0.15) is 0 Å². The lowest BCUT2D eigenvalue weighted by Crippen LogP contribution is -2.45. The Morgan fingerprint density at radius 2 is 2.03 bits per heavy atom. The van der Waals surface area contributed by atoms with Gasteiger partial charge in [-0.3, -0.25) is 4.79 Å². The molecule has 1 aliphatic heterocycles. The Morgan fingerprint density at radius 1 is 1.22 bits per heavy atom. The first kappa shape index (κ1) is 22.3. The second-order valence-corrected chi connectivity index (χ2v) is 9.53. The number of nitrogens with zero attached hydrogens (tertiary/aromatic N) is 4. The summed E-state index contributed by atoms with van der Waals surface area (Å²) >= 11 is 3.28. The maximum atomic E-state index is 12.8. The number of rotatable bonds is 3. The molecule has 10 heteroatoms. The van der Waals surface area contributed by atoms with Gasteiger partial charge >= 0.3 is 6.09 Å². The van der Waals surface area contributed by atoms with E-state index in [1.54, 1.807) is 18.3 Å². The quantitative estimate of drug-likeness (QED) is 0.413. The van der Waals surface area contributed by atoms with Gasteiger partial charge in [0.1, 0.15) is 15.7 Å². The van der Waals surface area contributed by atoms with E-state index >= 15 is 0 Å². The number of hydrogen-bond acceptors (Lipinski definition) is 7. The van der Waals surface area contributed by atoms with Crippen LogP contribution in [0.5, 0.6) is 0 Å². The summed E-state index contributed by atoms with van der Waals surface area (Å²) in [7, 11) is 0. The molecule has 32 heavy (non-hydrogen) atoms. The molecule has 4 heterocycles. The zero-order valence-corrected chi connectivity index (χ0v) is 19.8. The molecule has 0 aromatic carbocycles. The number of aromatic amines is 1. The van der Waals surface area contributed by atoms with E-state index in [2.05, 4.69) is 36.3 Å².